The zero-order valence-electron chi connectivity index (χ0n) is 13.6. The molecule has 23 heavy (non-hydrogen) atoms. The van der Waals surface area contributed by atoms with Crippen LogP contribution < -0.4 is 10.6 Å². The van der Waals surface area contributed by atoms with E-state index in [-0.39, 0.29) is 11.9 Å². The second kappa shape index (κ2) is 6.62. The lowest BCUT2D eigenvalue weighted by molar-refractivity contribution is -0.119. The highest BCUT2D eigenvalue weighted by Crippen LogP contribution is 2.36. The molecule has 0 aliphatic carbocycles. The Morgan fingerprint density at radius 2 is 1.96 bits per heavy atom. The number of nitrogens with zero attached hydrogens (tertiary/aromatic N) is 1. The Labute approximate surface area is 140 Å². The molecule has 0 radical (unpaired) electrons. The van der Waals surface area contributed by atoms with Gasteiger partial charge in [-0.15, -0.1) is 0 Å². The fourth-order valence-electron chi connectivity index (χ4n) is 2.44. The number of anilines is 1. The third kappa shape index (κ3) is 3.50. The highest BCUT2D eigenvalue weighted by atomic mass is 32.2. The molecule has 1 atom stereocenters. The van der Waals surface area contributed by atoms with Gasteiger partial charge in [-0.25, -0.2) is 4.99 Å². The zero-order chi connectivity index (χ0) is 16.4. The molecule has 3 rings (SSSR count). The summed E-state index contributed by atoms with van der Waals surface area (Å²) < 4.78 is 0. The standard InChI is InChI=1S/C18H21N3OS/c1-11(2)12(3)19-16(22)10-23-18-20-14-8-4-6-13-7-5-9-15(21-18)17(13)14/h4-9,11-12H,10H2,1-3H3,(H,19,22)(H,20,21)/t12-/m0/s1. The average Bonchev–Trinajstić information content (AvgIpc) is 2.53. The van der Waals surface area contributed by atoms with E-state index in [1.807, 2.05) is 31.2 Å². The van der Waals surface area contributed by atoms with Crippen LogP contribution in [0.25, 0.3) is 10.8 Å². The molecule has 1 aliphatic heterocycles. The van der Waals surface area contributed by atoms with E-state index in [0.29, 0.717) is 11.7 Å². The van der Waals surface area contributed by atoms with Gasteiger partial charge in [-0.2, -0.15) is 0 Å². The Kier molecular flexibility index (Phi) is 4.57. The molecule has 0 saturated heterocycles. The van der Waals surface area contributed by atoms with E-state index < -0.39 is 0 Å². The topological polar surface area (TPSA) is 53.5 Å². The molecule has 0 spiro atoms. The van der Waals surface area contributed by atoms with E-state index in [1.54, 1.807) is 0 Å². The molecule has 1 amide bonds. The monoisotopic (exact) mass is 327 g/mol. The molecule has 5 heteroatoms. The van der Waals surface area contributed by atoms with Crippen molar-refractivity contribution in [2.24, 2.45) is 10.9 Å². The summed E-state index contributed by atoms with van der Waals surface area (Å²) in [7, 11) is 0. The van der Waals surface area contributed by atoms with Gasteiger partial charge in [0.25, 0.3) is 0 Å². The average molecular weight is 327 g/mol. The molecule has 120 valence electrons. The number of aliphatic imine (C=N–C) groups is 1. The maximum absolute atomic E-state index is 12.0. The van der Waals surface area contributed by atoms with Crippen LogP contribution in [0.3, 0.4) is 0 Å². The number of amides is 1. The predicted octanol–water partition coefficient (Wildman–Crippen LogP) is 4.15. The van der Waals surface area contributed by atoms with Crippen molar-refractivity contribution < 1.29 is 4.79 Å². The minimum atomic E-state index is 0.0396. The number of hydrogen-bond acceptors (Lipinski definition) is 4. The Bertz CT molecular complexity index is 765. The number of carbonyl (C=O) groups is 1. The highest BCUT2D eigenvalue weighted by molar-refractivity contribution is 8.14. The van der Waals surface area contributed by atoms with Gasteiger partial charge in [0.2, 0.25) is 5.91 Å². The van der Waals surface area contributed by atoms with Gasteiger partial charge in [0, 0.05) is 11.4 Å². The van der Waals surface area contributed by atoms with Crippen molar-refractivity contribution in [1.29, 1.82) is 0 Å². The van der Waals surface area contributed by atoms with Crippen LogP contribution in [0.5, 0.6) is 0 Å². The fraction of sp³-hybridized carbons (Fsp3) is 0.333. The summed E-state index contributed by atoms with van der Waals surface area (Å²) >= 11 is 1.43. The maximum Gasteiger partial charge on any atom is 0.230 e. The fourth-order valence-corrected chi connectivity index (χ4v) is 3.13. The van der Waals surface area contributed by atoms with Crippen molar-refractivity contribution >= 4 is 45.0 Å². The van der Waals surface area contributed by atoms with Crippen LogP contribution in [0.2, 0.25) is 0 Å². The third-order valence-corrected chi connectivity index (χ3v) is 4.95. The minimum absolute atomic E-state index is 0.0396. The molecule has 2 aromatic carbocycles. The van der Waals surface area contributed by atoms with Gasteiger partial charge < -0.3 is 10.6 Å². The van der Waals surface area contributed by atoms with Crippen molar-refractivity contribution in [3.8, 4) is 0 Å². The number of benzene rings is 2. The molecule has 0 aromatic heterocycles. The van der Waals surface area contributed by atoms with Crippen molar-refractivity contribution in [2.75, 3.05) is 11.1 Å². The summed E-state index contributed by atoms with van der Waals surface area (Å²) in [6.45, 7) is 6.23. The highest BCUT2D eigenvalue weighted by Gasteiger charge is 2.16. The van der Waals surface area contributed by atoms with Crippen LogP contribution in [0.1, 0.15) is 20.8 Å². The molecule has 4 nitrogen and oxygen atoms in total. The Balaban J connectivity index is 1.70. The van der Waals surface area contributed by atoms with Crippen LogP contribution in [-0.4, -0.2) is 22.9 Å². The summed E-state index contributed by atoms with van der Waals surface area (Å²) in [6, 6.07) is 12.4. The normalized spacial score (nSPS) is 14.3. The van der Waals surface area contributed by atoms with E-state index in [9.17, 15) is 4.79 Å². The largest absolute Gasteiger partial charge is 0.353 e. The van der Waals surface area contributed by atoms with Crippen LogP contribution in [0.15, 0.2) is 41.4 Å². The molecule has 0 bridgehead atoms. The van der Waals surface area contributed by atoms with E-state index in [4.69, 9.17) is 0 Å². The summed E-state index contributed by atoms with van der Waals surface area (Å²) in [6.07, 6.45) is 0. The van der Waals surface area contributed by atoms with Gasteiger partial charge in [-0.05, 0) is 30.4 Å². The molecular formula is C18H21N3OS. The Morgan fingerprint density at radius 3 is 2.70 bits per heavy atom. The van der Waals surface area contributed by atoms with Crippen LogP contribution in [0, 0.1) is 5.92 Å². The van der Waals surface area contributed by atoms with E-state index in [1.165, 1.54) is 17.1 Å². The summed E-state index contributed by atoms with van der Waals surface area (Å²) in [4.78, 5) is 16.7. The smallest absolute Gasteiger partial charge is 0.230 e. The first kappa shape index (κ1) is 15.9. The zero-order valence-corrected chi connectivity index (χ0v) is 14.4. The summed E-state index contributed by atoms with van der Waals surface area (Å²) in [5.41, 5.74) is 2.00. The number of nitrogens with one attached hydrogen (secondary N) is 2. The lowest BCUT2D eigenvalue weighted by atomic mass is 10.1. The summed E-state index contributed by atoms with van der Waals surface area (Å²) in [5.74, 6) is 0.831. The molecule has 0 unspecified atom stereocenters. The first-order valence-electron chi connectivity index (χ1n) is 7.84. The lowest BCUT2D eigenvalue weighted by Crippen LogP contribution is -2.37. The number of hydrogen-bond donors (Lipinski definition) is 2. The SMILES string of the molecule is CC(C)[C@H](C)NC(=O)CSC1=Nc2cccc3cccc(c23)N1. The Morgan fingerprint density at radius 1 is 1.22 bits per heavy atom. The van der Waals surface area contributed by atoms with Crippen molar-refractivity contribution in [1.82, 2.24) is 5.32 Å². The van der Waals surface area contributed by atoms with Gasteiger partial charge in [-0.3, -0.25) is 4.79 Å². The van der Waals surface area contributed by atoms with Gasteiger partial charge >= 0.3 is 0 Å². The van der Waals surface area contributed by atoms with Gasteiger partial charge in [0.15, 0.2) is 5.17 Å². The van der Waals surface area contributed by atoms with Gasteiger partial charge in [0.1, 0.15) is 0 Å². The van der Waals surface area contributed by atoms with E-state index >= 15 is 0 Å². The second-order valence-electron chi connectivity index (χ2n) is 6.11. The lowest BCUT2D eigenvalue weighted by Gasteiger charge is -2.19. The van der Waals surface area contributed by atoms with Crippen LogP contribution >= 0.6 is 11.8 Å². The number of thioether (sulfide) groups is 1. The maximum atomic E-state index is 12.0. The third-order valence-electron chi connectivity index (χ3n) is 4.07. The van der Waals surface area contributed by atoms with E-state index in [0.717, 1.165) is 21.9 Å². The Hall–Kier alpha value is -2.01. The molecule has 2 N–H and O–H groups in total. The second-order valence-corrected chi connectivity index (χ2v) is 7.08. The molecule has 1 heterocycles. The van der Waals surface area contributed by atoms with Crippen molar-refractivity contribution in [2.45, 2.75) is 26.8 Å². The van der Waals surface area contributed by atoms with Crippen molar-refractivity contribution in [3.63, 3.8) is 0 Å². The first-order valence-corrected chi connectivity index (χ1v) is 8.83. The predicted molar refractivity (Wildman–Crippen MR) is 99.6 cm³/mol. The van der Waals surface area contributed by atoms with Crippen LogP contribution in [-0.2, 0) is 4.79 Å². The quantitative estimate of drug-likeness (QED) is 0.887. The number of amidine groups is 1. The first-order chi connectivity index (χ1) is 11.0. The van der Waals surface area contributed by atoms with E-state index in [2.05, 4.69) is 41.6 Å². The van der Waals surface area contributed by atoms with Gasteiger partial charge in [0.05, 0.1) is 17.1 Å². The van der Waals surface area contributed by atoms with Gasteiger partial charge in [-0.1, -0.05) is 49.9 Å². The van der Waals surface area contributed by atoms with Crippen molar-refractivity contribution in [3.05, 3.63) is 36.4 Å². The molecule has 1 aliphatic rings. The number of carbonyl (C=O) groups excluding carboxylic acids is 1. The molecule has 2 aromatic rings. The molecule has 0 fully saturated rings. The summed E-state index contributed by atoms with van der Waals surface area (Å²) in [5, 5.41) is 9.41. The minimum Gasteiger partial charge on any atom is -0.353 e. The number of rotatable bonds is 4. The molecule has 0 saturated carbocycles. The molecular weight excluding hydrogens is 306 g/mol. The van der Waals surface area contributed by atoms with Crippen LogP contribution in [0.4, 0.5) is 11.4 Å².